The van der Waals surface area contributed by atoms with Crippen LogP contribution >= 0.6 is 0 Å². The van der Waals surface area contributed by atoms with Crippen molar-refractivity contribution in [1.29, 1.82) is 0 Å². The van der Waals surface area contributed by atoms with Gasteiger partial charge < -0.3 is 5.32 Å². The molecule has 0 saturated heterocycles. The maximum atomic E-state index is 13.8. The molecule has 0 aliphatic carbocycles. The molecule has 0 atom stereocenters. The molecule has 1 N–H and O–H groups in total. The molecule has 1 aromatic rings. The topological polar surface area (TPSA) is 15.3 Å². The van der Waals surface area contributed by atoms with Crippen molar-refractivity contribution < 1.29 is 4.39 Å². The summed E-state index contributed by atoms with van der Waals surface area (Å²) in [4.78, 5) is 2.28. The highest BCUT2D eigenvalue weighted by Gasteiger charge is 2.10. The lowest BCUT2D eigenvalue weighted by Crippen LogP contribution is -2.27. The van der Waals surface area contributed by atoms with Gasteiger partial charge in [0.05, 0.1) is 0 Å². The summed E-state index contributed by atoms with van der Waals surface area (Å²) in [6.45, 7) is 6.63. The first-order chi connectivity index (χ1) is 9.29. The predicted octanol–water partition coefficient (Wildman–Crippen LogP) is 3.09. The van der Waals surface area contributed by atoms with E-state index < -0.39 is 0 Å². The Kier molecular flexibility index (Phi) is 5.55. The summed E-state index contributed by atoms with van der Waals surface area (Å²) in [5, 5.41) is 3.35. The summed E-state index contributed by atoms with van der Waals surface area (Å²) in [5.41, 5.74) is 1.98. The Morgan fingerprint density at radius 3 is 2.95 bits per heavy atom. The molecule has 1 aliphatic heterocycles. The van der Waals surface area contributed by atoms with Gasteiger partial charge in [-0.2, -0.15) is 0 Å². The van der Waals surface area contributed by atoms with Crippen LogP contribution in [-0.2, 0) is 13.1 Å². The summed E-state index contributed by atoms with van der Waals surface area (Å²) in [5.74, 6) is -0.0891. The number of nitrogens with zero attached hydrogens (tertiary/aromatic N) is 1. The maximum absolute atomic E-state index is 13.8. The molecule has 0 saturated carbocycles. The van der Waals surface area contributed by atoms with Crippen LogP contribution in [0.3, 0.4) is 0 Å². The molecule has 0 spiro atoms. The third kappa shape index (κ3) is 4.44. The zero-order valence-electron chi connectivity index (χ0n) is 11.7. The van der Waals surface area contributed by atoms with E-state index in [1.165, 1.54) is 0 Å². The average Bonchev–Trinajstić information content (AvgIpc) is 2.44. The molecule has 2 rings (SSSR count). The van der Waals surface area contributed by atoms with Gasteiger partial charge >= 0.3 is 0 Å². The molecule has 1 aromatic carbocycles. The summed E-state index contributed by atoms with van der Waals surface area (Å²) in [7, 11) is 0. The fourth-order valence-corrected chi connectivity index (χ4v) is 2.34. The first-order valence-electron chi connectivity index (χ1n) is 7.15. The Morgan fingerprint density at radius 1 is 1.32 bits per heavy atom. The monoisotopic (exact) mass is 262 g/mol. The third-order valence-corrected chi connectivity index (χ3v) is 3.40. The van der Waals surface area contributed by atoms with E-state index in [2.05, 4.69) is 29.3 Å². The van der Waals surface area contributed by atoms with Crippen molar-refractivity contribution in [3.63, 3.8) is 0 Å². The van der Waals surface area contributed by atoms with E-state index in [1.807, 2.05) is 12.1 Å². The largest absolute Gasteiger partial charge is 0.313 e. The van der Waals surface area contributed by atoms with Gasteiger partial charge in [0.25, 0.3) is 0 Å². The summed E-state index contributed by atoms with van der Waals surface area (Å²) in [6, 6.07) is 5.46. The predicted molar refractivity (Wildman–Crippen MR) is 77.4 cm³/mol. The molecule has 0 fully saturated rings. The molecule has 1 aliphatic rings. The van der Waals surface area contributed by atoms with Crippen LogP contribution in [0, 0.1) is 5.82 Å². The van der Waals surface area contributed by atoms with Gasteiger partial charge in [-0.05, 0) is 31.0 Å². The molecular weight excluding hydrogens is 239 g/mol. The van der Waals surface area contributed by atoms with Gasteiger partial charge in [-0.3, -0.25) is 4.90 Å². The fraction of sp³-hybridized carbons (Fsp3) is 0.500. The maximum Gasteiger partial charge on any atom is 0.127 e. The van der Waals surface area contributed by atoms with Crippen LogP contribution in [-0.4, -0.2) is 24.5 Å². The van der Waals surface area contributed by atoms with E-state index in [1.54, 1.807) is 6.07 Å². The summed E-state index contributed by atoms with van der Waals surface area (Å²) >= 11 is 0. The van der Waals surface area contributed by atoms with Gasteiger partial charge in [0.2, 0.25) is 0 Å². The Labute approximate surface area is 115 Å². The van der Waals surface area contributed by atoms with E-state index in [4.69, 9.17) is 0 Å². The van der Waals surface area contributed by atoms with Gasteiger partial charge in [0.15, 0.2) is 0 Å². The van der Waals surface area contributed by atoms with Crippen molar-refractivity contribution in [1.82, 2.24) is 10.2 Å². The number of hydrogen-bond acceptors (Lipinski definition) is 2. The highest BCUT2D eigenvalue weighted by Crippen LogP contribution is 2.15. The van der Waals surface area contributed by atoms with E-state index in [0.29, 0.717) is 6.54 Å². The number of rotatable bonds is 6. The van der Waals surface area contributed by atoms with Crippen LogP contribution in [0.15, 0.2) is 30.4 Å². The van der Waals surface area contributed by atoms with Crippen LogP contribution in [0.2, 0.25) is 0 Å². The lowest BCUT2D eigenvalue weighted by Gasteiger charge is -2.23. The molecule has 2 nitrogen and oxygen atoms in total. The minimum atomic E-state index is -0.0891. The molecule has 3 heteroatoms. The van der Waals surface area contributed by atoms with Crippen LogP contribution in [0.5, 0.6) is 0 Å². The molecule has 0 aromatic heterocycles. The van der Waals surface area contributed by atoms with Crippen LogP contribution in [0.25, 0.3) is 0 Å². The molecule has 0 unspecified atom stereocenters. The van der Waals surface area contributed by atoms with Crippen molar-refractivity contribution >= 4 is 0 Å². The standard InChI is InChI=1S/C16H23FN2/c1-2-8-18-12-14-6-7-16(17)15(11-14)13-19-9-4-3-5-10-19/h3-4,6-7,11,18H,2,5,8-10,12-13H2,1H3. The highest BCUT2D eigenvalue weighted by molar-refractivity contribution is 5.25. The van der Waals surface area contributed by atoms with Crippen LogP contribution in [0.4, 0.5) is 4.39 Å². The van der Waals surface area contributed by atoms with E-state index in [9.17, 15) is 4.39 Å². The Hall–Kier alpha value is -1.19. The lowest BCUT2D eigenvalue weighted by molar-refractivity contribution is 0.286. The molecular formula is C16H23FN2. The van der Waals surface area contributed by atoms with Gasteiger partial charge in [0.1, 0.15) is 5.82 Å². The molecule has 19 heavy (non-hydrogen) atoms. The quantitative estimate of drug-likeness (QED) is 0.626. The highest BCUT2D eigenvalue weighted by atomic mass is 19.1. The molecule has 0 amide bonds. The van der Waals surface area contributed by atoms with Gasteiger partial charge in [0, 0.05) is 31.7 Å². The smallest absolute Gasteiger partial charge is 0.127 e. The molecule has 104 valence electrons. The summed E-state index contributed by atoms with van der Waals surface area (Å²) < 4.78 is 13.8. The molecule has 1 heterocycles. The Morgan fingerprint density at radius 2 is 2.21 bits per heavy atom. The number of hydrogen-bond donors (Lipinski definition) is 1. The number of halogens is 1. The zero-order valence-corrected chi connectivity index (χ0v) is 11.7. The van der Waals surface area contributed by atoms with E-state index in [0.717, 1.165) is 50.1 Å². The Bertz CT molecular complexity index is 429. The van der Waals surface area contributed by atoms with Crippen molar-refractivity contribution in [3.8, 4) is 0 Å². The summed E-state index contributed by atoms with van der Waals surface area (Å²) in [6.07, 6.45) is 6.54. The molecule has 0 radical (unpaired) electrons. The van der Waals surface area contributed by atoms with E-state index in [-0.39, 0.29) is 5.82 Å². The van der Waals surface area contributed by atoms with Crippen LogP contribution < -0.4 is 5.32 Å². The fourth-order valence-electron chi connectivity index (χ4n) is 2.34. The van der Waals surface area contributed by atoms with Crippen LogP contribution in [0.1, 0.15) is 30.9 Å². The molecule has 0 bridgehead atoms. The SMILES string of the molecule is CCCNCc1ccc(F)c(CN2CC=CCC2)c1. The Balaban J connectivity index is 1.97. The normalized spacial score (nSPS) is 15.9. The van der Waals surface area contributed by atoms with Gasteiger partial charge in [-0.15, -0.1) is 0 Å². The second-order valence-corrected chi connectivity index (χ2v) is 5.10. The average molecular weight is 262 g/mol. The van der Waals surface area contributed by atoms with Crippen molar-refractivity contribution in [2.24, 2.45) is 0 Å². The van der Waals surface area contributed by atoms with Gasteiger partial charge in [-0.1, -0.05) is 31.2 Å². The zero-order chi connectivity index (χ0) is 13.5. The number of nitrogens with one attached hydrogen (secondary N) is 1. The van der Waals surface area contributed by atoms with Gasteiger partial charge in [-0.25, -0.2) is 4.39 Å². The van der Waals surface area contributed by atoms with Crippen molar-refractivity contribution in [3.05, 3.63) is 47.3 Å². The second-order valence-electron chi connectivity index (χ2n) is 5.10. The van der Waals surface area contributed by atoms with Crippen molar-refractivity contribution in [2.75, 3.05) is 19.6 Å². The minimum Gasteiger partial charge on any atom is -0.313 e. The lowest BCUT2D eigenvalue weighted by atomic mass is 10.1. The van der Waals surface area contributed by atoms with E-state index >= 15 is 0 Å². The third-order valence-electron chi connectivity index (χ3n) is 3.40. The first-order valence-corrected chi connectivity index (χ1v) is 7.15. The second kappa shape index (κ2) is 7.41. The minimum absolute atomic E-state index is 0.0891. The first kappa shape index (κ1) is 14.2. The van der Waals surface area contributed by atoms with Crippen molar-refractivity contribution in [2.45, 2.75) is 32.9 Å². The number of benzene rings is 1.